The summed E-state index contributed by atoms with van der Waals surface area (Å²) in [7, 11) is 3.16. The van der Waals surface area contributed by atoms with Gasteiger partial charge in [0.1, 0.15) is 5.75 Å². The molecule has 0 N–H and O–H groups in total. The van der Waals surface area contributed by atoms with Gasteiger partial charge in [0.15, 0.2) is 11.9 Å². The highest BCUT2D eigenvalue weighted by atomic mass is 35.5. The molecule has 34 heavy (non-hydrogen) atoms. The first-order valence-corrected chi connectivity index (χ1v) is 11.2. The van der Waals surface area contributed by atoms with Gasteiger partial charge in [0.25, 0.3) is 5.56 Å². The highest BCUT2D eigenvalue weighted by Gasteiger charge is 2.37. The van der Waals surface area contributed by atoms with Gasteiger partial charge in [-0.3, -0.25) is 13.9 Å². The Hall–Kier alpha value is -3.97. The van der Waals surface area contributed by atoms with Gasteiger partial charge in [0.2, 0.25) is 0 Å². The average Bonchev–Trinajstić information content (AvgIpc) is 3.48. The molecular weight excluding hydrogens is 454 g/mol. The number of nitrogens with zero attached hydrogens (tertiary/aromatic N) is 3. The van der Waals surface area contributed by atoms with Gasteiger partial charge in [-0.2, -0.15) is 0 Å². The van der Waals surface area contributed by atoms with Crippen molar-refractivity contribution in [1.29, 1.82) is 0 Å². The van der Waals surface area contributed by atoms with Crippen LogP contribution in [0.2, 0.25) is 5.02 Å². The molecule has 0 bridgehead atoms. The lowest BCUT2D eigenvalue weighted by atomic mass is 10.0. The first-order valence-electron chi connectivity index (χ1n) is 10.8. The van der Waals surface area contributed by atoms with E-state index in [9.17, 15) is 9.59 Å². The lowest BCUT2D eigenvalue weighted by molar-refractivity contribution is 0.199. The molecule has 0 amide bonds. The molecule has 1 aliphatic heterocycles. The van der Waals surface area contributed by atoms with Crippen molar-refractivity contribution in [2.75, 3.05) is 0 Å². The van der Waals surface area contributed by atoms with Crippen LogP contribution in [0.3, 0.4) is 0 Å². The average molecular weight is 474 g/mol. The van der Waals surface area contributed by atoms with Crippen molar-refractivity contribution in [3.63, 3.8) is 0 Å². The van der Waals surface area contributed by atoms with E-state index in [1.54, 1.807) is 31.5 Å². The highest BCUT2D eigenvalue weighted by Crippen LogP contribution is 2.47. The zero-order valence-electron chi connectivity index (χ0n) is 18.7. The fraction of sp³-hybridized carbons (Fsp3) is 0.154. The molecule has 0 spiro atoms. The van der Waals surface area contributed by atoms with E-state index in [4.69, 9.17) is 20.8 Å². The Morgan fingerprint density at radius 1 is 0.971 bits per heavy atom. The van der Waals surface area contributed by atoms with Crippen molar-refractivity contribution in [1.82, 2.24) is 13.7 Å². The van der Waals surface area contributed by atoms with E-state index in [2.05, 4.69) is 0 Å². The molecule has 0 radical (unpaired) electrons. The Morgan fingerprint density at radius 2 is 1.76 bits per heavy atom. The van der Waals surface area contributed by atoms with E-state index >= 15 is 0 Å². The Bertz CT molecular complexity index is 1720. The van der Waals surface area contributed by atoms with Crippen LogP contribution in [0.25, 0.3) is 27.8 Å². The maximum atomic E-state index is 13.6. The number of benzene rings is 2. The summed E-state index contributed by atoms with van der Waals surface area (Å²) >= 11 is 6.41. The molecule has 170 valence electrons. The van der Waals surface area contributed by atoms with Crippen molar-refractivity contribution in [2.24, 2.45) is 14.1 Å². The fourth-order valence-corrected chi connectivity index (χ4v) is 5.03. The molecule has 0 unspecified atom stereocenters. The third-order valence-corrected chi connectivity index (χ3v) is 6.70. The minimum absolute atomic E-state index is 0.375. The zero-order valence-corrected chi connectivity index (χ0v) is 19.5. The summed E-state index contributed by atoms with van der Waals surface area (Å²) in [5.74, 6) is 1.15. The van der Waals surface area contributed by atoms with Crippen LogP contribution in [-0.2, 0) is 14.1 Å². The molecule has 5 aromatic rings. The van der Waals surface area contributed by atoms with E-state index in [-0.39, 0.29) is 5.56 Å². The lowest BCUT2D eigenvalue weighted by Crippen LogP contribution is -2.37. The summed E-state index contributed by atoms with van der Waals surface area (Å²) in [6.07, 6.45) is 0.896. The van der Waals surface area contributed by atoms with E-state index < -0.39 is 11.8 Å². The van der Waals surface area contributed by atoms with Crippen LogP contribution < -0.4 is 16.0 Å². The first kappa shape index (κ1) is 20.6. The largest absolute Gasteiger partial charge is 0.474 e. The molecular formula is C26H20ClN3O4. The minimum atomic E-state index is -0.679. The van der Waals surface area contributed by atoms with Crippen molar-refractivity contribution < 1.29 is 9.15 Å². The van der Waals surface area contributed by atoms with Crippen LogP contribution >= 0.6 is 11.6 Å². The number of aryl methyl sites for hydroxylation is 2. The number of hydrogen-bond acceptors (Lipinski definition) is 4. The highest BCUT2D eigenvalue weighted by molar-refractivity contribution is 6.30. The van der Waals surface area contributed by atoms with Crippen LogP contribution in [0.4, 0.5) is 0 Å². The number of hydrogen-bond donors (Lipinski definition) is 0. The Labute approximate surface area is 199 Å². The summed E-state index contributed by atoms with van der Waals surface area (Å²) < 4.78 is 16.8. The SMILES string of the molecule is Cc1ccccc1-c1c2c(=O)n(C)c(=O)n(C)c2c2n1-c1cc(Cl)ccc1O[C@H]2c1ccco1. The number of aromatic nitrogens is 3. The molecule has 7 nitrogen and oxygen atoms in total. The molecule has 3 aromatic heterocycles. The molecule has 0 saturated carbocycles. The second kappa shape index (κ2) is 7.27. The number of ether oxygens (including phenoxy) is 1. The van der Waals surface area contributed by atoms with Gasteiger partial charge in [-0.1, -0.05) is 35.9 Å². The second-order valence-corrected chi connectivity index (χ2v) is 8.88. The molecule has 2 aromatic carbocycles. The Morgan fingerprint density at radius 3 is 2.50 bits per heavy atom. The third-order valence-electron chi connectivity index (χ3n) is 6.47. The van der Waals surface area contributed by atoms with Gasteiger partial charge in [-0.15, -0.1) is 0 Å². The van der Waals surface area contributed by atoms with Crippen molar-refractivity contribution >= 4 is 22.5 Å². The van der Waals surface area contributed by atoms with E-state index in [0.29, 0.717) is 44.5 Å². The minimum Gasteiger partial charge on any atom is -0.474 e. The van der Waals surface area contributed by atoms with Gasteiger partial charge in [0, 0.05) is 24.7 Å². The smallest absolute Gasteiger partial charge is 0.331 e. The van der Waals surface area contributed by atoms with Crippen LogP contribution in [-0.4, -0.2) is 13.7 Å². The zero-order chi connectivity index (χ0) is 23.7. The van der Waals surface area contributed by atoms with Crippen LogP contribution in [0.1, 0.15) is 23.1 Å². The van der Waals surface area contributed by atoms with Crippen LogP contribution in [0.15, 0.2) is 74.9 Å². The summed E-state index contributed by atoms with van der Waals surface area (Å²) in [6, 6.07) is 16.8. The monoisotopic (exact) mass is 473 g/mol. The van der Waals surface area contributed by atoms with E-state index in [0.717, 1.165) is 15.7 Å². The van der Waals surface area contributed by atoms with E-state index in [1.807, 2.05) is 47.9 Å². The molecule has 1 aliphatic rings. The Balaban J connectivity index is 1.92. The van der Waals surface area contributed by atoms with Gasteiger partial charge in [-0.05, 0) is 42.8 Å². The maximum absolute atomic E-state index is 13.6. The summed E-state index contributed by atoms with van der Waals surface area (Å²) in [4.78, 5) is 26.7. The first-order chi connectivity index (χ1) is 16.4. The summed E-state index contributed by atoms with van der Waals surface area (Å²) in [5.41, 5.74) is 3.58. The number of halogens is 1. The predicted molar refractivity (Wildman–Crippen MR) is 130 cm³/mol. The molecule has 4 heterocycles. The van der Waals surface area contributed by atoms with E-state index in [1.165, 1.54) is 11.6 Å². The molecule has 6 rings (SSSR count). The molecule has 0 aliphatic carbocycles. The van der Waals surface area contributed by atoms with Gasteiger partial charge in [0.05, 0.1) is 34.2 Å². The molecule has 1 atom stereocenters. The van der Waals surface area contributed by atoms with Gasteiger partial charge >= 0.3 is 5.69 Å². The Kier molecular flexibility index (Phi) is 4.41. The molecule has 0 saturated heterocycles. The number of furan rings is 1. The standard InChI is InChI=1S/C26H20ClN3O4/c1-14-7-4-5-8-16(14)21-20-22(28(2)26(32)29(3)25(20)31)23-24(19-9-6-12-33-19)34-18-11-10-15(27)13-17(18)30(21)23/h4-13,24H,1-3H3/t24-/m0/s1. The third kappa shape index (κ3) is 2.70. The summed E-state index contributed by atoms with van der Waals surface area (Å²) in [5, 5.41) is 0.960. The van der Waals surface area contributed by atoms with Crippen molar-refractivity contribution in [2.45, 2.75) is 13.0 Å². The fourth-order valence-electron chi connectivity index (χ4n) is 4.86. The normalized spacial score (nSPS) is 14.6. The quantitative estimate of drug-likeness (QED) is 0.371. The van der Waals surface area contributed by atoms with Crippen LogP contribution in [0, 0.1) is 6.92 Å². The van der Waals surface area contributed by atoms with Gasteiger partial charge < -0.3 is 13.7 Å². The molecule has 0 fully saturated rings. The number of fused-ring (bicyclic) bond motifs is 5. The maximum Gasteiger partial charge on any atom is 0.331 e. The lowest BCUT2D eigenvalue weighted by Gasteiger charge is -2.29. The van der Waals surface area contributed by atoms with Crippen molar-refractivity contribution in [3.05, 3.63) is 104 Å². The topological polar surface area (TPSA) is 71.3 Å². The van der Waals surface area contributed by atoms with Crippen LogP contribution in [0.5, 0.6) is 5.75 Å². The van der Waals surface area contributed by atoms with Gasteiger partial charge in [-0.25, -0.2) is 4.79 Å². The molecule has 8 heteroatoms. The predicted octanol–water partition coefficient (Wildman–Crippen LogP) is 4.73. The van der Waals surface area contributed by atoms with Crippen molar-refractivity contribution in [3.8, 4) is 22.7 Å². The number of rotatable bonds is 2. The second-order valence-electron chi connectivity index (χ2n) is 8.44. The summed E-state index contributed by atoms with van der Waals surface area (Å²) in [6.45, 7) is 2.00.